The van der Waals surface area contributed by atoms with E-state index in [-0.39, 0.29) is 16.9 Å². The summed E-state index contributed by atoms with van der Waals surface area (Å²) < 4.78 is 0. The zero-order valence-electron chi connectivity index (χ0n) is 23.5. The van der Waals surface area contributed by atoms with Crippen LogP contribution in [0.25, 0.3) is 10.4 Å². The minimum atomic E-state index is -0.291. The van der Waals surface area contributed by atoms with Gasteiger partial charge in [-0.05, 0) is 107 Å². The zero-order chi connectivity index (χ0) is 28.9. The smallest absolute Gasteiger partial charge is 0.115 e. The quantitative estimate of drug-likeness (QED) is 0.183. The second-order valence-electron chi connectivity index (χ2n) is 10.8. The molecular weight excluding hydrogens is 534 g/mol. The van der Waals surface area contributed by atoms with E-state index in [0.29, 0.717) is 0 Å². The molecule has 0 saturated heterocycles. The normalized spacial score (nSPS) is 11.4. The molecule has 0 radical (unpaired) electrons. The van der Waals surface area contributed by atoms with Crippen molar-refractivity contribution >= 4 is 28.4 Å². The number of anilines is 3. The number of benzene rings is 5. The predicted octanol–water partition coefficient (Wildman–Crippen LogP) is 10.2. The summed E-state index contributed by atoms with van der Waals surface area (Å²) in [5.41, 5.74) is 7.77. The Kier molecular flexibility index (Phi) is 7.81. The molecule has 1 aromatic heterocycles. The molecule has 2 N–H and O–H groups in total. The molecule has 6 aromatic rings. The second kappa shape index (κ2) is 12.0. The molecule has 1 heterocycles. The molecule has 0 saturated carbocycles. The fraction of sp³-hybridized carbons (Fsp3) is 0.105. The first-order chi connectivity index (χ1) is 20.5. The number of hydrogen-bond donors (Lipinski definition) is 2. The topological polar surface area (TPSA) is 43.7 Å². The van der Waals surface area contributed by atoms with Crippen LogP contribution in [0.4, 0.5) is 17.1 Å². The van der Waals surface area contributed by atoms with Gasteiger partial charge in [0.2, 0.25) is 0 Å². The molecular formula is C38H33NO2S. The predicted molar refractivity (Wildman–Crippen MR) is 175 cm³/mol. The molecule has 0 fully saturated rings. The van der Waals surface area contributed by atoms with E-state index in [1.54, 1.807) is 35.6 Å². The number of aromatic hydroxyl groups is 2. The van der Waals surface area contributed by atoms with E-state index in [9.17, 15) is 10.2 Å². The highest BCUT2D eigenvalue weighted by Gasteiger charge is 2.29. The Morgan fingerprint density at radius 1 is 0.571 bits per heavy atom. The lowest BCUT2D eigenvalue weighted by Crippen LogP contribution is -2.24. The molecule has 0 bridgehead atoms. The largest absolute Gasteiger partial charge is 0.508 e. The van der Waals surface area contributed by atoms with Crippen LogP contribution in [0, 0.1) is 0 Å². The Balaban J connectivity index is 1.27. The van der Waals surface area contributed by atoms with Crippen molar-refractivity contribution in [2.24, 2.45) is 0 Å². The number of thiophene rings is 1. The molecule has 0 spiro atoms. The van der Waals surface area contributed by atoms with Crippen molar-refractivity contribution < 1.29 is 10.2 Å². The van der Waals surface area contributed by atoms with Gasteiger partial charge in [-0.1, -0.05) is 79.7 Å². The SMILES string of the molecule is CC(CCc1ccc(N(c2ccccc2)c2ccc(-c3cccs3)cc2)cc1)(c1ccc(O)cc1)c1ccc(O)cc1. The second-order valence-corrected chi connectivity index (χ2v) is 11.7. The lowest BCUT2D eigenvalue weighted by atomic mass is 9.72. The van der Waals surface area contributed by atoms with Crippen molar-refractivity contribution in [3.63, 3.8) is 0 Å². The Morgan fingerprint density at radius 3 is 1.62 bits per heavy atom. The highest BCUT2D eigenvalue weighted by Crippen LogP contribution is 2.39. The van der Waals surface area contributed by atoms with Gasteiger partial charge in [0.1, 0.15) is 11.5 Å². The first-order valence-corrected chi connectivity index (χ1v) is 15.0. The van der Waals surface area contributed by atoms with Gasteiger partial charge in [0, 0.05) is 27.4 Å². The van der Waals surface area contributed by atoms with Crippen molar-refractivity contribution in [3.05, 3.63) is 162 Å². The fourth-order valence-electron chi connectivity index (χ4n) is 5.56. The third kappa shape index (κ3) is 5.81. The molecule has 3 nitrogen and oxygen atoms in total. The van der Waals surface area contributed by atoms with Crippen LogP contribution in [0.1, 0.15) is 30.0 Å². The highest BCUT2D eigenvalue weighted by atomic mass is 32.1. The standard InChI is InChI=1S/C38H33NO2S/c1-38(30-13-21-35(40)22-14-30,31-15-23-36(41)24-16-31)26-25-28-9-17-33(18-10-28)39(32-6-3-2-4-7-32)34-19-11-29(12-20-34)37-8-5-27-42-37/h2-24,27,40-41H,25-26H2,1H3. The van der Waals surface area contributed by atoms with Gasteiger partial charge < -0.3 is 15.1 Å². The van der Waals surface area contributed by atoms with Gasteiger partial charge in [-0.3, -0.25) is 0 Å². The number of phenols is 2. The van der Waals surface area contributed by atoms with E-state index in [4.69, 9.17) is 0 Å². The maximum atomic E-state index is 9.89. The minimum absolute atomic E-state index is 0.256. The molecule has 42 heavy (non-hydrogen) atoms. The summed E-state index contributed by atoms with van der Waals surface area (Å²) in [6, 6.07) is 47.3. The number of rotatable bonds is 9. The highest BCUT2D eigenvalue weighted by molar-refractivity contribution is 7.13. The van der Waals surface area contributed by atoms with Gasteiger partial charge in [-0.15, -0.1) is 11.3 Å². The average molecular weight is 568 g/mol. The summed E-state index contributed by atoms with van der Waals surface area (Å²) in [6.45, 7) is 2.23. The lowest BCUT2D eigenvalue weighted by molar-refractivity contribution is 0.470. The number of phenolic OH excluding ortho intramolecular Hbond substituents is 2. The molecule has 0 aliphatic heterocycles. The fourth-order valence-corrected chi connectivity index (χ4v) is 6.29. The summed E-state index contributed by atoms with van der Waals surface area (Å²) in [7, 11) is 0. The van der Waals surface area contributed by atoms with Crippen molar-refractivity contribution in [2.45, 2.75) is 25.2 Å². The van der Waals surface area contributed by atoms with E-state index in [0.717, 1.165) is 41.0 Å². The number of hydrogen-bond acceptors (Lipinski definition) is 4. The van der Waals surface area contributed by atoms with Crippen molar-refractivity contribution in [3.8, 4) is 21.9 Å². The molecule has 0 amide bonds. The van der Waals surface area contributed by atoms with E-state index in [1.165, 1.54) is 16.0 Å². The third-order valence-corrected chi connectivity index (χ3v) is 8.98. The van der Waals surface area contributed by atoms with Crippen LogP contribution in [0.15, 0.2) is 145 Å². The van der Waals surface area contributed by atoms with Gasteiger partial charge in [0.05, 0.1) is 0 Å². The summed E-state index contributed by atoms with van der Waals surface area (Å²) in [6.07, 6.45) is 1.74. The molecule has 0 atom stereocenters. The molecule has 4 heteroatoms. The molecule has 0 aliphatic rings. The van der Waals surface area contributed by atoms with Crippen LogP contribution >= 0.6 is 11.3 Å². The van der Waals surface area contributed by atoms with Gasteiger partial charge in [-0.25, -0.2) is 0 Å². The summed E-state index contributed by atoms with van der Waals surface area (Å²) in [4.78, 5) is 3.56. The maximum Gasteiger partial charge on any atom is 0.115 e. The van der Waals surface area contributed by atoms with E-state index >= 15 is 0 Å². The van der Waals surface area contributed by atoms with Gasteiger partial charge in [-0.2, -0.15) is 0 Å². The van der Waals surface area contributed by atoms with E-state index in [2.05, 4.69) is 102 Å². The molecule has 0 aliphatic carbocycles. The maximum absolute atomic E-state index is 9.89. The number of nitrogens with zero attached hydrogens (tertiary/aromatic N) is 1. The lowest BCUT2D eigenvalue weighted by Gasteiger charge is -2.31. The van der Waals surface area contributed by atoms with Crippen LogP contribution < -0.4 is 4.90 Å². The molecule has 6 rings (SSSR count). The van der Waals surface area contributed by atoms with Crippen LogP contribution in [-0.4, -0.2) is 10.2 Å². The van der Waals surface area contributed by atoms with Crippen molar-refractivity contribution in [1.29, 1.82) is 0 Å². The monoisotopic (exact) mass is 567 g/mol. The number of para-hydroxylation sites is 1. The average Bonchev–Trinajstić information content (AvgIpc) is 3.58. The van der Waals surface area contributed by atoms with Crippen molar-refractivity contribution in [2.75, 3.05) is 4.90 Å². The van der Waals surface area contributed by atoms with E-state index in [1.807, 2.05) is 30.3 Å². The van der Waals surface area contributed by atoms with Crippen molar-refractivity contribution in [1.82, 2.24) is 0 Å². The van der Waals surface area contributed by atoms with Crippen LogP contribution in [-0.2, 0) is 11.8 Å². The zero-order valence-corrected chi connectivity index (χ0v) is 24.3. The Morgan fingerprint density at radius 2 is 1.10 bits per heavy atom. The van der Waals surface area contributed by atoms with E-state index < -0.39 is 0 Å². The Hall–Kier alpha value is -4.80. The summed E-state index contributed by atoms with van der Waals surface area (Å²) >= 11 is 1.75. The summed E-state index contributed by atoms with van der Waals surface area (Å²) in [5, 5.41) is 21.9. The first kappa shape index (κ1) is 27.4. The molecule has 0 unspecified atom stereocenters. The number of aryl methyl sites for hydroxylation is 1. The van der Waals surface area contributed by atoms with Crippen LogP contribution in [0.3, 0.4) is 0 Å². The summed E-state index contributed by atoms with van der Waals surface area (Å²) in [5.74, 6) is 0.512. The Labute approximate surface area is 251 Å². The van der Waals surface area contributed by atoms with Crippen LogP contribution in [0.2, 0.25) is 0 Å². The molecule has 208 valence electrons. The van der Waals surface area contributed by atoms with Crippen LogP contribution in [0.5, 0.6) is 11.5 Å². The molecule has 5 aromatic carbocycles. The Bertz CT molecular complexity index is 1660. The first-order valence-electron chi connectivity index (χ1n) is 14.2. The van der Waals surface area contributed by atoms with Gasteiger partial charge >= 0.3 is 0 Å². The third-order valence-electron chi connectivity index (χ3n) is 8.06. The van der Waals surface area contributed by atoms with Gasteiger partial charge in [0.15, 0.2) is 0 Å². The van der Waals surface area contributed by atoms with Gasteiger partial charge in [0.25, 0.3) is 0 Å². The minimum Gasteiger partial charge on any atom is -0.508 e.